The molecule has 7 heteroatoms. The first-order valence-electron chi connectivity index (χ1n) is 6.02. The van der Waals surface area contributed by atoms with E-state index in [1.165, 1.54) is 4.57 Å². The number of hydrogen-bond acceptors (Lipinski definition) is 2. The van der Waals surface area contributed by atoms with Gasteiger partial charge in [0.05, 0.1) is 11.1 Å². The van der Waals surface area contributed by atoms with Gasteiger partial charge in [0, 0.05) is 25.5 Å². The number of nitrogens with zero attached hydrogens (tertiary/aromatic N) is 2. The van der Waals surface area contributed by atoms with Crippen LogP contribution in [0.1, 0.15) is 29.8 Å². The Bertz CT molecular complexity index is 437. The first-order valence-corrected chi connectivity index (χ1v) is 6.02. The molecule has 1 aromatic rings. The van der Waals surface area contributed by atoms with Crippen LogP contribution >= 0.6 is 0 Å². The first kappa shape index (κ1) is 15.6. The zero-order valence-corrected chi connectivity index (χ0v) is 10.9. The van der Waals surface area contributed by atoms with Crippen molar-refractivity contribution in [2.24, 2.45) is 0 Å². The van der Waals surface area contributed by atoms with Gasteiger partial charge < -0.3 is 14.6 Å². The summed E-state index contributed by atoms with van der Waals surface area (Å²) in [7, 11) is 0. The minimum absolute atomic E-state index is 0.331. The zero-order chi connectivity index (χ0) is 14.6. The molecule has 0 aromatic carbocycles. The van der Waals surface area contributed by atoms with Crippen LogP contribution in [0.15, 0.2) is 12.4 Å². The van der Waals surface area contributed by atoms with Crippen molar-refractivity contribution in [2.75, 3.05) is 19.6 Å². The van der Waals surface area contributed by atoms with Crippen LogP contribution in [-0.2, 0) is 12.7 Å². The predicted molar refractivity (Wildman–Crippen MR) is 64.2 cm³/mol. The maximum atomic E-state index is 12.7. The Balaban J connectivity index is 2.90. The summed E-state index contributed by atoms with van der Waals surface area (Å²) in [6.07, 6.45) is -2.75. The fourth-order valence-corrected chi connectivity index (χ4v) is 1.83. The molecule has 0 radical (unpaired) electrons. The highest BCUT2D eigenvalue weighted by Crippen LogP contribution is 2.32. The van der Waals surface area contributed by atoms with E-state index in [0.29, 0.717) is 13.1 Å². The van der Waals surface area contributed by atoms with Crippen molar-refractivity contribution in [1.29, 1.82) is 0 Å². The minimum Gasteiger partial charge on any atom is -0.478 e. The van der Waals surface area contributed by atoms with Gasteiger partial charge in [-0.05, 0) is 13.1 Å². The van der Waals surface area contributed by atoms with E-state index >= 15 is 0 Å². The Labute approximate surface area is 109 Å². The number of carboxylic acid groups (broad SMARTS) is 1. The molecule has 0 saturated carbocycles. The molecule has 0 aliphatic rings. The number of likely N-dealkylation sites (N-methyl/N-ethyl adjacent to an activating group) is 1. The monoisotopic (exact) mass is 278 g/mol. The highest BCUT2D eigenvalue weighted by Gasteiger charge is 2.36. The third kappa shape index (κ3) is 3.99. The van der Waals surface area contributed by atoms with Crippen LogP contribution in [0.25, 0.3) is 0 Å². The number of rotatable bonds is 6. The summed E-state index contributed by atoms with van der Waals surface area (Å²) in [5, 5.41) is 8.79. The molecule has 0 aliphatic carbocycles. The van der Waals surface area contributed by atoms with Gasteiger partial charge in [-0.1, -0.05) is 13.8 Å². The standard InChI is InChI=1S/C12H17F3N2O2/c1-3-16(4-2)5-6-17-7-9(11(18)19)10(8-17)12(13,14)15/h7-8H,3-6H2,1-2H3,(H,18,19). The van der Waals surface area contributed by atoms with E-state index in [4.69, 9.17) is 5.11 Å². The maximum Gasteiger partial charge on any atom is 0.418 e. The third-order valence-corrected chi connectivity index (χ3v) is 2.98. The van der Waals surface area contributed by atoms with Gasteiger partial charge in [0.1, 0.15) is 0 Å². The summed E-state index contributed by atoms with van der Waals surface area (Å²) in [5.41, 5.74) is -1.80. The molecule has 1 heterocycles. The molecule has 0 saturated heterocycles. The average Bonchev–Trinajstić information content (AvgIpc) is 2.74. The fraction of sp³-hybridized carbons (Fsp3) is 0.583. The molecular weight excluding hydrogens is 261 g/mol. The van der Waals surface area contributed by atoms with Gasteiger partial charge in [-0.15, -0.1) is 0 Å². The van der Waals surface area contributed by atoms with Crippen LogP contribution < -0.4 is 0 Å². The molecule has 108 valence electrons. The molecule has 0 unspecified atom stereocenters. The van der Waals surface area contributed by atoms with Gasteiger partial charge in [-0.25, -0.2) is 4.79 Å². The van der Waals surface area contributed by atoms with Gasteiger partial charge >= 0.3 is 12.1 Å². The number of aromatic nitrogens is 1. The predicted octanol–water partition coefficient (Wildman–Crippen LogP) is 2.55. The van der Waals surface area contributed by atoms with E-state index in [2.05, 4.69) is 0 Å². The number of carboxylic acids is 1. The van der Waals surface area contributed by atoms with Gasteiger partial charge in [-0.2, -0.15) is 13.2 Å². The molecule has 4 nitrogen and oxygen atoms in total. The minimum atomic E-state index is -4.64. The highest BCUT2D eigenvalue weighted by atomic mass is 19.4. The lowest BCUT2D eigenvalue weighted by Crippen LogP contribution is -2.26. The van der Waals surface area contributed by atoms with Crippen molar-refractivity contribution in [3.63, 3.8) is 0 Å². The van der Waals surface area contributed by atoms with Crippen molar-refractivity contribution >= 4 is 5.97 Å². The molecule has 19 heavy (non-hydrogen) atoms. The van der Waals surface area contributed by atoms with Gasteiger partial charge in [0.15, 0.2) is 0 Å². The van der Waals surface area contributed by atoms with Crippen LogP contribution in [0.2, 0.25) is 0 Å². The largest absolute Gasteiger partial charge is 0.478 e. The number of aromatic carboxylic acids is 1. The Morgan fingerprint density at radius 2 is 1.89 bits per heavy atom. The number of halogens is 3. The smallest absolute Gasteiger partial charge is 0.418 e. The van der Waals surface area contributed by atoms with E-state index in [1.54, 1.807) is 0 Å². The van der Waals surface area contributed by atoms with Crippen molar-refractivity contribution in [1.82, 2.24) is 9.47 Å². The molecule has 0 aliphatic heterocycles. The van der Waals surface area contributed by atoms with E-state index in [0.717, 1.165) is 25.5 Å². The molecule has 1 aromatic heterocycles. The third-order valence-electron chi connectivity index (χ3n) is 2.98. The SMILES string of the molecule is CCN(CC)CCn1cc(C(=O)O)c(C(F)(F)F)c1. The zero-order valence-electron chi connectivity index (χ0n) is 10.9. The van der Waals surface area contributed by atoms with Crippen LogP contribution in [0, 0.1) is 0 Å². The molecule has 0 bridgehead atoms. The van der Waals surface area contributed by atoms with Crippen molar-refractivity contribution in [3.05, 3.63) is 23.5 Å². The van der Waals surface area contributed by atoms with Gasteiger partial charge in [-0.3, -0.25) is 0 Å². The topological polar surface area (TPSA) is 45.5 Å². The highest BCUT2D eigenvalue weighted by molar-refractivity contribution is 5.89. The summed E-state index contributed by atoms with van der Waals surface area (Å²) in [6, 6.07) is 0. The van der Waals surface area contributed by atoms with Gasteiger partial charge in [0.2, 0.25) is 0 Å². The van der Waals surface area contributed by atoms with Crippen LogP contribution in [0.3, 0.4) is 0 Å². The van der Waals surface area contributed by atoms with E-state index < -0.39 is 23.3 Å². The fourth-order valence-electron chi connectivity index (χ4n) is 1.83. The molecule has 0 amide bonds. The molecule has 0 atom stereocenters. The molecule has 1 N–H and O–H groups in total. The van der Waals surface area contributed by atoms with Crippen molar-refractivity contribution < 1.29 is 23.1 Å². The quantitative estimate of drug-likeness (QED) is 0.869. The molecule has 0 spiro atoms. The molecular formula is C12H17F3N2O2. The van der Waals surface area contributed by atoms with Crippen LogP contribution in [0.4, 0.5) is 13.2 Å². The second kappa shape index (κ2) is 6.10. The van der Waals surface area contributed by atoms with Crippen LogP contribution in [0.5, 0.6) is 0 Å². The summed E-state index contributed by atoms with van der Waals surface area (Å²) in [6.45, 7) is 6.44. The van der Waals surface area contributed by atoms with Crippen LogP contribution in [-0.4, -0.2) is 40.2 Å². The second-order valence-corrected chi connectivity index (χ2v) is 4.15. The number of carbonyl (C=O) groups is 1. The molecule has 1 rings (SSSR count). The second-order valence-electron chi connectivity index (χ2n) is 4.15. The van der Waals surface area contributed by atoms with E-state index in [1.807, 2.05) is 18.7 Å². The summed E-state index contributed by atoms with van der Waals surface area (Å²) >= 11 is 0. The number of hydrogen-bond donors (Lipinski definition) is 1. The Kier molecular flexibility index (Phi) is 4.99. The summed E-state index contributed by atoms with van der Waals surface area (Å²) in [4.78, 5) is 12.9. The van der Waals surface area contributed by atoms with E-state index in [-0.39, 0.29) is 0 Å². The lowest BCUT2D eigenvalue weighted by molar-refractivity contribution is -0.138. The summed E-state index contributed by atoms with van der Waals surface area (Å²) in [5.74, 6) is -1.56. The van der Waals surface area contributed by atoms with Crippen molar-refractivity contribution in [3.8, 4) is 0 Å². The van der Waals surface area contributed by atoms with Crippen molar-refractivity contribution in [2.45, 2.75) is 26.6 Å². The lowest BCUT2D eigenvalue weighted by Gasteiger charge is -2.17. The Hall–Kier alpha value is -1.50. The first-order chi connectivity index (χ1) is 8.79. The normalized spacial score (nSPS) is 12.1. The Morgan fingerprint density at radius 1 is 1.32 bits per heavy atom. The number of alkyl halides is 3. The average molecular weight is 278 g/mol. The lowest BCUT2D eigenvalue weighted by atomic mass is 10.2. The summed E-state index contributed by atoms with van der Waals surface area (Å²) < 4.78 is 39.3. The maximum absolute atomic E-state index is 12.7. The van der Waals surface area contributed by atoms with Gasteiger partial charge in [0.25, 0.3) is 0 Å². The molecule has 0 fully saturated rings. The van der Waals surface area contributed by atoms with E-state index in [9.17, 15) is 18.0 Å². The Morgan fingerprint density at radius 3 is 2.26 bits per heavy atom.